The molecular weight excluding hydrogens is 258 g/mol. The van der Waals surface area contributed by atoms with Crippen LogP contribution in [0.25, 0.3) is 0 Å². The van der Waals surface area contributed by atoms with Crippen LogP contribution in [0, 0.1) is 5.92 Å². The van der Waals surface area contributed by atoms with Gasteiger partial charge in [0.25, 0.3) is 0 Å². The molecule has 110 valence electrons. The van der Waals surface area contributed by atoms with E-state index in [1.165, 1.54) is 7.11 Å². The van der Waals surface area contributed by atoms with Gasteiger partial charge in [-0.15, -0.1) is 0 Å². The highest BCUT2D eigenvalue weighted by atomic mass is 16.5. The fraction of sp³-hybridized carbons (Fsp3) is 0.600. The van der Waals surface area contributed by atoms with Crippen molar-refractivity contribution in [1.82, 2.24) is 4.98 Å². The van der Waals surface area contributed by atoms with Gasteiger partial charge in [0.15, 0.2) is 0 Å². The maximum absolute atomic E-state index is 11.4. The molecule has 0 radical (unpaired) electrons. The molecule has 0 atom stereocenters. The number of rotatable bonds is 5. The molecule has 0 aromatic carbocycles. The number of aromatic nitrogens is 1. The number of esters is 1. The zero-order valence-electron chi connectivity index (χ0n) is 12.0. The molecule has 1 aliphatic carbocycles. The molecule has 0 bridgehead atoms. The highest BCUT2D eigenvalue weighted by Gasteiger charge is 2.27. The first-order valence-corrected chi connectivity index (χ1v) is 6.92. The quantitative estimate of drug-likeness (QED) is 0.774. The Morgan fingerprint density at radius 3 is 2.70 bits per heavy atom. The fourth-order valence-electron chi connectivity index (χ4n) is 2.56. The third-order valence-corrected chi connectivity index (χ3v) is 3.73. The molecule has 0 saturated heterocycles. The summed E-state index contributed by atoms with van der Waals surface area (Å²) in [4.78, 5) is 15.6. The Labute approximate surface area is 119 Å². The van der Waals surface area contributed by atoms with E-state index in [2.05, 4.69) is 4.98 Å². The summed E-state index contributed by atoms with van der Waals surface area (Å²) in [7, 11) is 3.05. The molecule has 0 spiro atoms. The number of pyridine rings is 1. The SMILES string of the molecule is COC(=O)C1CCC(OCc2cccnc2OC)CC1. The molecule has 1 aromatic rings. The van der Waals surface area contributed by atoms with Gasteiger partial charge in [0.2, 0.25) is 5.88 Å². The summed E-state index contributed by atoms with van der Waals surface area (Å²) in [5.74, 6) is 0.543. The molecule has 0 aliphatic heterocycles. The summed E-state index contributed by atoms with van der Waals surface area (Å²) >= 11 is 0. The van der Waals surface area contributed by atoms with E-state index in [9.17, 15) is 4.79 Å². The largest absolute Gasteiger partial charge is 0.481 e. The summed E-state index contributed by atoms with van der Waals surface area (Å²) in [5, 5.41) is 0. The second-order valence-electron chi connectivity index (χ2n) is 4.98. The number of carbonyl (C=O) groups is 1. The average Bonchev–Trinajstić information content (AvgIpc) is 2.53. The van der Waals surface area contributed by atoms with Gasteiger partial charge < -0.3 is 14.2 Å². The molecule has 1 heterocycles. The Balaban J connectivity index is 1.80. The van der Waals surface area contributed by atoms with Crippen LogP contribution in [0.3, 0.4) is 0 Å². The lowest BCUT2D eigenvalue weighted by Crippen LogP contribution is -2.26. The number of carbonyl (C=O) groups excluding carboxylic acids is 1. The predicted molar refractivity (Wildman–Crippen MR) is 73.3 cm³/mol. The molecule has 20 heavy (non-hydrogen) atoms. The molecule has 0 unspecified atom stereocenters. The Morgan fingerprint density at radius 1 is 1.30 bits per heavy atom. The van der Waals surface area contributed by atoms with Crippen molar-refractivity contribution in [2.45, 2.75) is 38.4 Å². The molecule has 5 nitrogen and oxygen atoms in total. The number of hydrogen-bond donors (Lipinski definition) is 0. The lowest BCUT2D eigenvalue weighted by Gasteiger charge is -2.27. The summed E-state index contributed by atoms with van der Waals surface area (Å²) in [6, 6.07) is 3.82. The minimum atomic E-state index is -0.0996. The maximum Gasteiger partial charge on any atom is 0.308 e. The minimum Gasteiger partial charge on any atom is -0.481 e. The zero-order valence-corrected chi connectivity index (χ0v) is 12.0. The van der Waals surface area contributed by atoms with Gasteiger partial charge in [-0.1, -0.05) is 0 Å². The normalized spacial score (nSPS) is 22.3. The lowest BCUT2D eigenvalue weighted by atomic mass is 9.87. The molecular formula is C15H21NO4. The van der Waals surface area contributed by atoms with Crippen molar-refractivity contribution in [3.63, 3.8) is 0 Å². The van der Waals surface area contributed by atoms with Gasteiger partial charge in [0.1, 0.15) is 0 Å². The van der Waals surface area contributed by atoms with Gasteiger partial charge >= 0.3 is 5.97 Å². The van der Waals surface area contributed by atoms with Crippen LogP contribution in [0.1, 0.15) is 31.2 Å². The molecule has 1 fully saturated rings. The monoisotopic (exact) mass is 279 g/mol. The highest BCUT2D eigenvalue weighted by Crippen LogP contribution is 2.28. The predicted octanol–water partition coefficient (Wildman–Crippen LogP) is 2.34. The standard InChI is InChI=1S/C15H21NO4/c1-18-14-12(4-3-9-16-14)10-20-13-7-5-11(6-8-13)15(17)19-2/h3-4,9,11,13H,5-8,10H2,1-2H3. The van der Waals surface area contributed by atoms with E-state index in [4.69, 9.17) is 14.2 Å². The van der Waals surface area contributed by atoms with Crippen molar-refractivity contribution in [3.05, 3.63) is 23.9 Å². The Kier molecular flexibility index (Phi) is 5.35. The third-order valence-electron chi connectivity index (χ3n) is 3.73. The van der Waals surface area contributed by atoms with Gasteiger partial charge in [-0.05, 0) is 37.8 Å². The maximum atomic E-state index is 11.4. The van der Waals surface area contributed by atoms with Crippen LogP contribution in [-0.2, 0) is 20.9 Å². The van der Waals surface area contributed by atoms with Gasteiger partial charge in [-0.25, -0.2) is 4.98 Å². The first kappa shape index (κ1) is 14.8. The molecule has 2 rings (SSSR count). The van der Waals surface area contributed by atoms with Crippen molar-refractivity contribution < 1.29 is 19.0 Å². The zero-order chi connectivity index (χ0) is 14.4. The molecule has 1 aliphatic rings. The van der Waals surface area contributed by atoms with E-state index in [0.717, 1.165) is 31.2 Å². The molecule has 1 aromatic heterocycles. The van der Waals surface area contributed by atoms with E-state index in [1.807, 2.05) is 12.1 Å². The highest BCUT2D eigenvalue weighted by molar-refractivity contribution is 5.72. The number of methoxy groups -OCH3 is 2. The Hall–Kier alpha value is -1.62. The van der Waals surface area contributed by atoms with Gasteiger partial charge in [0.05, 0.1) is 32.8 Å². The summed E-state index contributed by atoms with van der Waals surface area (Å²) in [6.45, 7) is 0.491. The lowest BCUT2D eigenvalue weighted by molar-refractivity contribution is -0.147. The van der Waals surface area contributed by atoms with E-state index in [1.54, 1.807) is 13.3 Å². The van der Waals surface area contributed by atoms with Crippen molar-refractivity contribution in [2.75, 3.05) is 14.2 Å². The van der Waals surface area contributed by atoms with Crippen molar-refractivity contribution >= 4 is 5.97 Å². The van der Waals surface area contributed by atoms with Gasteiger partial charge in [0, 0.05) is 11.8 Å². The van der Waals surface area contributed by atoms with Crippen LogP contribution >= 0.6 is 0 Å². The average molecular weight is 279 g/mol. The first-order valence-electron chi connectivity index (χ1n) is 6.92. The van der Waals surface area contributed by atoms with Crippen LogP contribution in [0.15, 0.2) is 18.3 Å². The van der Waals surface area contributed by atoms with Crippen molar-refractivity contribution in [2.24, 2.45) is 5.92 Å². The van der Waals surface area contributed by atoms with E-state index in [-0.39, 0.29) is 18.0 Å². The van der Waals surface area contributed by atoms with Crippen molar-refractivity contribution in [1.29, 1.82) is 0 Å². The van der Waals surface area contributed by atoms with Gasteiger partial charge in [-0.2, -0.15) is 0 Å². The Bertz CT molecular complexity index is 441. The molecule has 0 N–H and O–H groups in total. The van der Waals surface area contributed by atoms with Crippen LogP contribution in [0.5, 0.6) is 5.88 Å². The van der Waals surface area contributed by atoms with E-state index < -0.39 is 0 Å². The van der Waals surface area contributed by atoms with Crippen LogP contribution in [-0.4, -0.2) is 31.3 Å². The van der Waals surface area contributed by atoms with Gasteiger partial charge in [-0.3, -0.25) is 4.79 Å². The molecule has 1 saturated carbocycles. The third kappa shape index (κ3) is 3.70. The minimum absolute atomic E-state index is 0.0350. The second kappa shape index (κ2) is 7.24. The smallest absolute Gasteiger partial charge is 0.308 e. The molecule has 0 amide bonds. The Morgan fingerprint density at radius 2 is 2.05 bits per heavy atom. The number of nitrogens with zero attached hydrogens (tertiary/aromatic N) is 1. The fourth-order valence-corrected chi connectivity index (χ4v) is 2.56. The first-order chi connectivity index (χ1) is 9.74. The topological polar surface area (TPSA) is 57.7 Å². The summed E-state index contributed by atoms with van der Waals surface area (Å²) in [5.41, 5.74) is 0.949. The second-order valence-corrected chi connectivity index (χ2v) is 4.98. The number of ether oxygens (including phenoxy) is 3. The van der Waals surface area contributed by atoms with Crippen LogP contribution in [0.2, 0.25) is 0 Å². The van der Waals surface area contributed by atoms with Crippen molar-refractivity contribution in [3.8, 4) is 5.88 Å². The molecule has 5 heteroatoms. The van der Waals surface area contributed by atoms with Crippen LogP contribution in [0.4, 0.5) is 0 Å². The van der Waals surface area contributed by atoms with Crippen LogP contribution < -0.4 is 4.74 Å². The summed E-state index contributed by atoms with van der Waals surface area (Å²) in [6.07, 6.45) is 5.35. The summed E-state index contributed by atoms with van der Waals surface area (Å²) < 4.78 is 15.9. The number of hydrogen-bond acceptors (Lipinski definition) is 5. The van der Waals surface area contributed by atoms with E-state index in [0.29, 0.717) is 12.5 Å². The van der Waals surface area contributed by atoms with E-state index >= 15 is 0 Å².